The van der Waals surface area contributed by atoms with Crippen LogP contribution in [0.4, 0.5) is 0 Å². The van der Waals surface area contributed by atoms with Crippen LogP contribution in [0.1, 0.15) is 5.69 Å². The second-order valence-corrected chi connectivity index (χ2v) is 6.03. The standard InChI is InChI=1S/C13H13ClN2O3S/c14-12-9-11(20(15,17)18)4-5-13(12)19-8-6-10-3-1-2-7-16-10/h1-5,7,9H,6,8H2,(H2,15,17,18). The van der Waals surface area contributed by atoms with E-state index in [9.17, 15) is 8.42 Å². The average molecular weight is 313 g/mol. The normalized spacial score (nSPS) is 11.3. The Morgan fingerprint density at radius 1 is 1.25 bits per heavy atom. The average Bonchev–Trinajstić information content (AvgIpc) is 2.40. The Bertz CT molecular complexity index is 690. The van der Waals surface area contributed by atoms with Gasteiger partial charge in [-0.1, -0.05) is 17.7 Å². The highest BCUT2D eigenvalue weighted by molar-refractivity contribution is 7.89. The summed E-state index contributed by atoms with van der Waals surface area (Å²) in [6.07, 6.45) is 2.34. The molecule has 0 saturated carbocycles. The zero-order valence-electron chi connectivity index (χ0n) is 10.5. The van der Waals surface area contributed by atoms with Crippen molar-refractivity contribution in [2.75, 3.05) is 6.61 Å². The highest BCUT2D eigenvalue weighted by Gasteiger charge is 2.11. The lowest BCUT2D eigenvalue weighted by Gasteiger charge is -2.08. The van der Waals surface area contributed by atoms with Crippen LogP contribution in [-0.2, 0) is 16.4 Å². The van der Waals surface area contributed by atoms with Gasteiger partial charge in [-0.2, -0.15) is 0 Å². The summed E-state index contributed by atoms with van der Waals surface area (Å²) >= 11 is 5.96. The molecule has 7 heteroatoms. The maximum Gasteiger partial charge on any atom is 0.238 e. The van der Waals surface area contributed by atoms with E-state index in [0.717, 1.165) is 5.69 Å². The quantitative estimate of drug-likeness (QED) is 0.915. The Morgan fingerprint density at radius 2 is 2.05 bits per heavy atom. The molecule has 2 rings (SSSR count). The molecular weight excluding hydrogens is 300 g/mol. The third-order valence-corrected chi connectivity index (χ3v) is 3.78. The second kappa shape index (κ2) is 6.21. The van der Waals surface area contributed by atoms with Crippen molar-refractivity contribution in [3.05, 3.63) is 53.3 Å². The monoisotopic (exact) mass is 312 g/mol. The third kappa shape index (κ3) is 3.93. The SMILES string of the molecule is NS(=O)(=O)c1ccc(OCCc2ccccn2)c(Cl)c1. The van der Waals surface area contributed by atoms with E-state index < -0.39 is 10.0 Å². The summed E-state index contributed by atoms with van der Waals surface area (Å²) in [5.74, 6) is 0.412. The van der Waals surface area contributed by atoms with Gasteiger partial charge in [-0.05, 0) is 30.3 Å². The second-order valence-electron chi connectivity index (χ2n) is 4.06. The number of hydrogen-bond acceptors (Lipinski definition) is 4. The molecule has 2 aromatic rings. The van der Waals surface area contributed by atoms with Gasteiger partial charge in [-0.3, -0.25) is 4.98 Å². The number of primary sulfonamides is 1. The lowest BCUT2D eigenvalue weighted by atomic mass is 10.3. The Labute approximate surface area is 122 Å². The summed E-state index contributed by atoms with van der Waals surface area (Å²) in [5.41, 5.74) is 0.907. The van der Waals surface area contributed by atoms with E-state index in [1.54, 1.807) is 6.20 Å². The molecule has 106 valence electrons. The topological polar surface area (TPSA) is 82.3 Å². The molecule has 0 aliphatic rings. The van der Waals surface area contributed by atoms with Crippen LogP contribution < -0.4 is 9.88 Å². The fourth-order valence-electron chi connectivity index (χ4n) is 1.59. The van der Waals surface area contributed by atoms with Gasteiger partial charge in [0.1, 0.15) is 5.75 Å². The van der Waals surface area contributed by atoms with Crippen molar-refractivity contribution in [1.82, 2.24) is 4.98 Å². The minimum atomic E-state index is -3.76. The predicted octanol–water partition coefficient (Wildman–Crippen LogP) is 2.00. The molecule has 1 aromatic heterocycles. The molecule has 1 aromatic carbocycles. The van der Waals surface area contributed by atoms with Crippen LogP contribution in [0, 0.1) is 0 Å². The fourth-order valence-corrected chi connectivity index (χ4v) is 2.43. The zero-order valence-corrected chi connectivity index (χ0v) is 12.1. The number of hydrogen-bond donors (Lipinski definition) is 1. The van der Waals surface area contributed by atoms with E-state index in [-0.39, 0.29) is 9.92 Å². The van der Waals surface area contributed by atoms with E-state index in [1.165, 1.54) is 18.2 Å². The summed E-state index contributed by atoms with van der Waals surface area (Å²) < 4.78 is 27.8. The number of nitrogens with zero attached hydrogens (tertiary/aromatic N) is 1. The summed E-state index contributed by atoms with van der Waals surface area (Å²) in [4.78, 5) is 4.13. The van der Waals surface area contributed by atoms with Gasteiger partial charge in [0.25, 0.3) is 0 Å². The molecule has 2 N–H and O–H groups in total. The molecule has 0 saturated heterocycles. The fraction of sp³-hybridized carbons (Fsp3) is 0.154. The van der Waals surface area contributed by atoms with E-state index in [2.05, 4.69) is 4.98 Å². The zero-order chi connectivity index (χ0) is 14.6. The first-order chi connectivity index (χ1) is 9.47. The molecule has 0 fully saturated rings. The number of halogens is 1. The Morgan fingerprint density at radius 3 is 2.65 bits per heavy atom. The summed E-state index contributed by atoms with van der Waals surface area (Å²) in [6, 6.07) is 9.75. The van der Waals surface area contributed by atoms with Gasteiger partial charge in [0, 0.05) is 18.3 Å². The van der Waals surface area contributed by atoms with Gasteiger partial charge in [0.2, 0.25) is 10.0 Å². The molecular formula is C13H13ClN2O3S. The van der Waals surface area contributed by atoms with Gasteiger partial charge in [0.15, 0.2) is 0 Å². The van der Waals surface area contributed by atoms with Crippen LogP contribution in [-0.4, -0.2) is 20.0 Å². The van der Waals surface area contributed by atoms with Gasteiger partial charge in [0.05, 0.1) is 16.5 Å². The lowest BCUT2D eigenvalue weighted by molar-refractivity contribution is 0.320. The van der Waals surface area contributed by atoms with Crippen molar-refractivity contribution >= 4 is 21.6 Å². The number of benzene rings is 1. The van der Waals surface area contributed by atoms with Gasteiger partial charge >= 0.3 is 0 Å². The number of ether oxygens (including phenoxy) is 1. The molecule has 20 heavy (non-hydrogen) atoms. The van der Waals surface area contributed by atoms with E-state index in [0.29, 0.717) is 18.8 Å². The third-order valence-electron chi connectivity index (χ3n) is 2.57. The number of sulfonamides is 1. The van der Waals surface area contributed by atoms with Crippen molar-refractivity contribution in [3.8, 4) is 5.75 Å². The highest BCUT2D eigenvalue weighted by Crippen LogP contribution is 2.26. The van der Waals surface area contributed by atoms with Crippen LogP contribution in [0.15, 0.2) is 47.5 Å². The lowest BCUT2D eigenvalue weighted by Crippen LogP contribution is -2.12. The first kappa shape index (κ1) is 14.8. The van der Waals surface area contributed by atoms with Crippen LogP contribution in [0.5, 0.6) is 5.75 Å². The summed E-state index contributed by atoms with van der Waals surface area (Å²) in [6.45, 7) is 0.394. The summed E-state index contributed by atoms with van der Waals surface area (Å²) in [7, 11) is -3.76. The molecule has 0 radical (unpaired) electrons. The van der Waals surface area contributed by atoms with Gasteiger partial charge in [-0.15, -0.1) is 0 Å². The smallest absolute Gasteiger partial charge is 0.238 e. The number of rotatable bonds is 5. The van der Waals surface area contributed by atoms with E-state index >= 15 is 0 Å². The molecule has 0 bridgehead atoms. The first-order valence-electron chi connectivity index (χ1n) is 5.82. The van der Waals surface area contributed by atoms with Crippen LogP contribution in [0.25, 0.3) is 0 Å². The maximum atomic E-state index is 11.2. The number of aromatic nitrogens is 1. The predicted molar refractivity (Wildman–Crippen MR) is 76.3 cm³/mol. The maximum absolute atomic E-state index is 11.2. The molecule has 1 heterocycles. The van der Waals surface area contributed by atoms with Crippen molar-refractivity contribution in [2.24, 2.45) is 5.14 Å². The van der Waals surface area contributed by atoms with Crippen molar-refractivity contribution in [2.45, 2.75) is 11.3 Å². The highest BCUT2D eigenvalue weighted by atomic mass is 35.5. The summed E-state index contributed by atoms with van der Waals surface area (Å²) in [5, 5.41) is 5.22. The Balaban J connectivity index is 2.00. The molecule has 0 spiro atoms. The van der Waals surface area contributed by atoms with Gasteiger partial charge < -0.3 is 4.74 Å². The minimum absolute atomic E-state index is 0.0421. The van der Waals surface area contributed by atoms with Gasteiger partial charge in [-0.25, -0.2) is 13.6 Å². The largest absolute Gasteiger partial charge is 0.492 e. The Kier molecular flexibility index (Phi) is 4.59. The molecule has 0 amide bonds. The molecule has 0 aliphatic carbocycles. The van der Waals surface area contributed by atoms with Crippen molar-refractivity contribution in [3.63, 3.8) is 0 Å². The van der Waals surface area contributed by atoms with Crippen LogP contribution in [0.2, 0.25) is 5.02 Å². The molecule has 0 unspecified atom stereocenters. The molecule has 0 atom stereocenters. The minimum Gasteiger partial charge on any atom is -0.492 e. The van der Waals surface area contributed by atoms with Crippen molar-refractivity contribution in [1.29, 1.82) is 0 Å². The molecule has 5 nitrogen and oxygen atoms in total. The van der Waals surface area contributed by atoms with Crippen molar-refractivity contribution < 1.29 is 13.2 Å². The molecule has 0 aliphatic heterocycles. The van der Waals surface area contributed by atoms with E-state index in [1.807, 2.05) is 18.2 Å². The first-order valence-corrected chi connectivity index (χ1v) is 7.74. The Hall–Kier alpha value is -1.63. The van der Waals surface area contributed by atoms with Crippen LogP contribution >= 0.6 is 11.6 Å². The van der Waals surface area contributed by atoms with E-state index in [4.69, 9.17) is 21.5 Å². The number of nitrogens with two attached hydrogens (primary N) is 1. The number of pyridine rings is 1. The van der Waals surface area contributed by atoms with Crippen LogP contribution in [0.3, 0.4) is 0 Å².